The van der Waals surface area contributed by atoms with Crippen molar-refractivity contribution in [3.8, 4) is 0 Å². The zero-order valence-electron chi connectivity index (χ0n) is 13.5. The fourth-order valence-electron chi connectivity index (χ4n) is 2.99. The maximum atomic E-state index is 10.8. The third-order valence-electron chi connectivity index (χ3n) is 4.57. The van der Waals surface area contributed by atoms with Gasteiger partial charge in [0.2, 0.25) is 0 Å². The van der Waals surface area contributed by atoms with Gasteiger partial charge in [-0.2, -0.15) is 0 Å². The molecule has 0 radical (unpaired) electrons. The number of nitrogens with zero attached hydrogens (tertiary/aromatic N) is 2. The lowest BCUT2D eigenvalue weighted by molar-refractivity contribution is -0.133. The summed E-state index contributed by atoms with van der Waals surface area (Å²) in [6.07, 6.45) is 6.96. The lowest BCUT2D eigenvalue weighted by Gasteiger charge is -2.42. The highest BCUT2D eigenvalue weighted by Gasteiger charge is 2.37. The smallest absolute Gasteiger partial charge is 0.313 e. The molecular weight excluding hydrogens is 284 g/mol. The molecule has 5 heteroatoms. The number of carbonyl (C=O) groups is 1. The fraction of sp³-hybridized carbons (Fsp3) is 0.750. The molecule has 0 saturated heterocycles. The number of imidazole rings is 1. The predicted molar refractivity (Wildman–Crippen MR) is 85.9 cm³/mol. The van der Waals surface area contributed by atoms with Crippen LogP contribution < -0.4 is 0 Å². The molecule has 0 aliphatic heterocycles. The van der Waals surface area contributed by atoms with E-state index in [1.165, 1.54) is 43.1 Å². The maximum absolute atomic E-state index is 10.8. The molecule has 1 fully saturated rings. The molecule has 0 bridgehead atoms. The molecule has 0 aromatic carbocycles. The molecule has 0 atom stereocenters. The van der Waals surface area contributed by atoms with Gasteiger partial charge in [-0.05, 0) is 24.7 Å². The minimum absolute atomic E-state index is 0.0215. The monoisotopic (exact) mass is 310 g/mol. The SMILES string of the molecule is CCC1(Cn2c(C(C)(C)C)cnc2SCC(=O)O)CCC1. The van der Waals surface area contributed by atoms with E-state index in [0.717, 1.165) is 11.7 Å². The molecule has 0 amide bonds. The number of hydrogen-bond acceptors (Lipinski definition) is 3. The van der Waals surface area contributed by atoms with Crippen molar-refractivity contribution in [2.24, 2.45) is 5.41 Å². The Kier molecular flexibility index (Phi) is 4.71. The summed E-state index contributed by atoms with van der Waals surface area (Å²) in [6.45, 7) is 9.79. The van der Waals surface area contributed by atoms with E-state index in [0.29, 0.717) is 5.41 Å². The Hall–Kier alpha value is -0.970. The van der Waals surface area contributed by atoms with E-state index in [4.69, 9.17) is 5.11 Å². The van der Waals surface area contributed by atoms with Crippen LogP contribution in [0, 0.1) is 5.41 Å². The number of carboxylic acid groups (broad SMARTS) is 1. The number of carboxylic acids is 1. The third-order valence-corrected chi connectivity index (χ3v) is 5.55. The zero-order valence-corrected chi connectivity index (χ0v) is 14.3. The fourth-order valence-corrected chi connectivity index (χ4v) is 3.69. The van der Waals surface area contributed by atoms with Gasteiger partial charge in [0, 0.05) is 23.9 Å². The van der Waals surface area contributed by atoms with Crippen molar-refractivity contribution >= 4 is 17.7 Å². The van der Waals surface area contributed by atoms with Gasteiger partial charge in [-0.1, -0.05) is 45.9 Å². The lowest BCUT2D eigenvalue weighted by Crippen LogP contribution is -2.35. The number of thioether (sulfide) groups is 1. The molecule has 1 saturated carbocycles. The molecule has 1 aliphatic rings. The van der Waals surface area contributed by atoms with Gasteiger partial charge in [0.15, 0.2) is 5.16 Å². The molecule has 1 aliphatic carbocycles. The number of aromatic nitrogens is 2. The van der Waals surface area contributed by atoms with Gasteiger partial charge >= 0.3 is 5.97 Å². The van der Waals surface area contributed by atoms with Crippen molar-refractivity contribution in [2.45, 2.75) is 70.5 Å². The summed E-state index contributed by atoms with van der Waals surface area (Å²) >= 11 is 1.33. The normalized spacial score (nSPS) is 17.5. The van der Waals surface area contributed by atoms with E-state index in [2.05, 4.69) is 37.2 Å². The van der Waals surface area contributed by atoms with Crippen molar-refractivity contribution in [3.05, 3.63) is 11.9 Å². The molecule has 0 unspecified atom stereocenters. The summed E-state index contributed by atoms with van der Waals surface area (Å²) < 4.78 is 2.27. The van der Waals surface area contributed by atoms with Crippen LogP contribution in [0.4, 0.5) is 0 Å². The van der Waals surface area contributed by atoms with Crippen LogP contribution in [0.15, 0.2) is 11.4 Å². The largest absolute Gasteiger partial charge is 0.481 e. The standard InChI is InChI=1S/C16H26N2O2S/c1-5-16(7-6-8-16)11-18-12(15(2,3)4)9-17-14(18)21-10-13(19)20/h9H,5-8,10-11H2,1-4H3,(H,19,20). The molecule has 2 rings (SSSR count). The Morgan fingerprint density at radius 2 is 2.14 bits per heavy atom. The Bertz CT molecular complexity index is 507. The van der Waals surface area contributed by atoms with Gasteiger partial charge in [-0.15, -0.1) is 0 Å². The quantitative estimate of drug-likeness (QED) is 0.809. The predicted octanol–water partition coefficient (Wildman–Crippen LogP) is 3.94. The van der Waals surface area contributed by atoms with Gasteiger partial charge in [0.05, 0.1) is 5.75 Å². The lowest BCUT2D eigenvalue weighted by atomic mass is 9.67. The van der Waals surface area contributed by atoms with Crippen molar-refractivity contribution in [3.63, 3.8) is 0 Å². The number of hydrogen-bond donors (Lipinski definition) is 1. The van der Waals surface area contributed by atoms with Gasteiger partial charge in [-0.25, -0.2) is 4.98 Å². The molecule has 118 valence electrons. The van der Waals surface area contributed by atoms with E-state index in [9.17, 15) is 4.79 Å². The minimum atomic E-state index is -0.791. The molecule has 4 nitrogen and oxygen atoms in total. The van der Waals surface area contributed by atoms with Crippen LogP contribution in [0.2, 0.25) is 0 Å². The summed E-state index contributed by atoms with van der Waals surface area (Å²) in [7, 11) is 0. The Balaban J connectivity index is 2.29. The Morgan fingerprint density at radius 3 is 2.57 bits per heavy atom. The molecule has 0 spiro atoms. The first-order chi connectivity index (χ1) is 9.77. The second kappa shape index (κ2) is 6.03. The van der Waals surface area contributed by atoms with Gasteiger partial charge in [0.25, 0.3) is 0 Å². The molecular formula is C16H26N2O2S. The highest BCUT2D eigenvalue weighted by atomic mass is 32.2. The summed E-state index contributed by atoms with van der Waals surface area (Å²) in [4.78, 5) is 15.3. The highest BCUT2D eigenvalue weighted by Crippen LogP contribution is 2.46. The second-order valence-corrected chi connectivity index (χ2v) is 8.09. The number of rotatable bonds is 6. The number of aliphatic carboxylic acids is 1. The summed E-state index contributed by atoms with van der Waals surface area (Å²) in [5.41, 5.74) is 1.61. The van der Waals surface area contributed by atoms with Crippen molar-refractivity contribution in [1.82, 2.24) is 9.55 Å². The van der Waals surface area contributed by atoms with E-state index in [1.54, 1.807) is 0 Å². The third kappa shape index (κ3) is 3.62. The molecule has 1 aromatic rings. The average Bonchev–Trinajstić information content (AvgIpc) is 2.73. The van der Waals surface area contributed by atoms with Crippen LogP contribution in [-0.2, 0) is 16.8 Å². The van der Waals surface area contributed by atoms with Crippen LogP contribution in [0.25, 0.3) is 0 Å². The second-order valence-electron chi connectivity index (χ2n) is 7.15. The Labute approximate surface area is 131 Å². The summed E-state index contributed by atoms with van der Waals surface area (Å²) in [5, 5.41) is 9.76. The first-order valence-electron chi connectivity index (χ1n) is 7.68. The van der Waals surface area contributed by atoms with Crippen LogP contribution >= 0.6 is 11.8 Å². The van der Waals surface area contributed by atoms with Crippen LogP contribution in [0.1, 0.15) is 59.1 Å². The summed E-state index contributed by atoms with van der Waals surface area (Å²) in [6, 6.07) is 0. The topological polar surface area (TPSA) is 55.1 Å². The first-order valence-corrected chi connectivity index (χ1v) is 8.66. The molecule has 1 N–H and O–H groups in total. The molecule has 21 heavy (non-hydrogen) atoms. The first kappa shape index (κ1) is 16.4. The highest BCUT2D eigenvalue weighted by molar-refractivity contribution is 7.99. The zero-order chi connectivity index (χ0) is 15.7. The van der Waals surface area contributed by atoms with E-state index >= 15 is 0 Å². The van der Waals surface area contributed by atoms with E-state index < -0.39 is 5.97 Å². The minimum Gasteiger partial charge on any atom is -0.481 e. The van der Waals surface area contributed by atoms with Crippen LogP contribution in [0.3, 0.4) is 0 Å². The average molecular weight is 310 g/mol. The van der Waals surface area contributed by atoms with E-state index in [1.807, 2.05) is 6.20 Å². The van der Waals surface area contributed by atoms with Crippen LogP contribution in [-0.4, -0.2) is 26.4 Å². The Morgan fingerprint density at radius 1 is 1.48 bits per heavy atom. The summed E-state index contributed by atoms with van der Waals surface area (Å²) in [5.74, 6) is -0.722. The van der Waals surface area contributed by atoms with Crippen molar-refractivity contribution < 1.29 is 9.90 Å². The van der Waals surface area contributed by atoms with Gasteiger partial charge in [0.1, 0.15) is 0 Å². The molecule has 1 heterocycles. The maximum Gasteiger partial charge on any atom is 0.313 e. The van der Waals surface area contributed by atoms with Gasteiger partial charge in [-0.3, -0.25) is 4.79 Å². The van der Waals surface area contributed by atoms with Crippen molar-refractivity contribution in [2.75, 3.05) is 5.75 Å². The van der Waals surface area contributed by atoms with Crippen molar-refractivity contribution in [1.29, 1.82) is 0 Å². The van der Waals surface area contributed by atoms with Crippen LogP contribution in [0.5, 0.6) is 0 Å². The molecule has 1 aromatic heterocycles. The van der Waals surface area contributed by atoms with Gasteiger partial charge < -0.3 is 9.67 Å². The van der Waals surface area contributed by atoms with E-state index in [-0.39, 0.29) is 11.2 Å².